The van der Waals surface area contributed by atoms with Gasteiger partial charge in [0.2, 0.25) is 0 Å². The first-order valence-electron chi connectivity index (χ1n) is 6.74. The van der Waals surface area contributed by atoms with Crippen LogP contribution in [0.2, 0.25) is 0 Å². The normalized spacial score (nSPS) is 14.0. The van der Waals surface area contributed by atoms with E-state index < -0.39 is 0 Å². The SMILES string of the molecule is C[C@H](Cc1ccccc1O)N[C@H](C)c1ccccc1. The zero-order valence-corrected chi connectivity index (χ0v) is 11.5. The van der Waals surface area contributed by atoms with Crippen molar-refractivity contribution < 1.29 is 5.11 Å². The maximum Gasteiger partial charge on any atom is 0.118 e. The smallest absolute Gasteiger partial charge is 0.118 e. The zero-order chi connectivity index (χ0) is 13.7. The fraction of sp³-hybridized carbons (Fsp3) is 0.294. The molecule has 0 unspecified atom stereocenters. The first-order valence-corrected chi connectivity index (χ1v) is 6.74. The third kappa shape index (κ3) is 3.83. The molecule has 2 aromatic carbocycles. The Labute approximate surface area is 115 Å². The Kier molecular flexibility index (Phi) is 4.58. The standard InChI is InChI=1S/C17H21NO/c1-13(12-16-10-6-7-11-17(16)19)18-14(2)15-8-4-3-5-9-15/h3-11,13-14,18-19H,12H2,1-2H3/t13-,14-/m1/s1. The number of aromatic hydroxyl groups is 1. The van der Waals surface area contributed by atoms with Crippen LogP contribution in [0, 0.1) is 0 Å². The third-order valence-electron chi connectivity index (χ3n) is 3.35. The Morgan fingerprint density at radius 2 is 1.58 bits per heavy atom. The number of benzene rings is 2. The number of phenols is 1. The van der Waals surface area contributed by atoms with Gasteiger partial charge < -0.3 is 10.4 Å². The number of para-hydroxylation sites is 1. The summed E-state index contributed by atoms with van der Waals surface area (Å²) < 4.78 is 0. The summed E-state index contributed by atoms with van der Waals surface area (Å²) in [6.07, 6.45) is 0.823. The lowest BCUT2D eigenvalue weighted by molar-refractivity contribution is 0.446. The van der Waals surface area contributed by atoms with Crippen LogP contribution in [-0.4, -0.2) is 11.1 Å². The molecule has 19 heavy (non-hydrogen) atoms. The molecule has 2 aromatic rings. The first-order chi connectivity index (χ1) is 9.16. The monoisotopic (exact) mass is 255 g/mol. The molecule has 100 valence electrons. The van der Waals surface area contributed by atoms with Crippen molar-refractivity contribution in [3.8, 4) is 5.75 Å². The van der Waals surface area contributed by atoms with Crippen molar-refractivity contribution in [3.63, 3.8) is 0 Å². The molecule has 0 saturated heterocycles. The van der Waals surface area contributed by atoms with Crippen molar-refractivity contribution in [2.45, 2.75) is 32.4 Å². The van der Waals surface area contributed by atoms with Gasteiger partial charge in [0.25, 0.3) is 0 Å². The minimum Gasteiger partial charge on any atom is -0.508 e. The van der Waals surface area contributed by atoms with Gasteiger partial charge in [-0.1, -0.05) is 48.5 Å². The van der Waals surface area contributed by atoms with E-state index >= 15 is 0 Å². The number of phenolic OH excluding ortho intramolecular Hbond substituents is 1. The summed E-state index contributed by atoms with van der Waals surface area (Å²) in [5, 5.41) is 13.3. The van der Waals surface area contributed by atoms with Crippen LogP contribution < -0.4 is 5.32 Å². The highest BCUT2D eigenvalue weighted by molar-refractivity contribution is 5.32. The van der Waals surface area contributed by atoms with Crippen LogP contribution in [0.1, 0.15) is 31.0 Å². The molecule has 2 heteroatoms. The van der Waals surface area contributed by atoms with Gasteiger partial charge in [0.1, 0.15) is 5.75 Å². The van der Waals surface area contributed by atoms with Gasteiger partial charge in [-0.15, -0.1) is 0 Å². The fourth-order valence-electron chi connectivity index (χ4n) is 2.34. The van der Waals surface area contributed by atoms with Gasteiger partial charge in [0, 0.05) is 12.1 Å². The molecular formula is C17H21NO. The van der Waals surface area contributed by atoms with Crippen molar-refractivity contribution in [2.24, 2.45) is 0 Å². The van der Waals surface area contributed by atoms with Gasteiger partial charge in [0.15, 0.2) is 0 Å². The number of hydrogen-bond acceptors (Lipinski definition) is 2. The second-order valence-corrected chi connectivity index (χ2v) is 5.03. The lowest BCUT2D eigenvalue weighted by atomic mass is 10.0. The van der Waals surface area contributed by atoms with Crippen molar-refractivity contribution in [2.75, 3.05) is 0 Å². The molecule has 2 N–H and O–H groups in total. The van der Waals surface area contributed by atoms with Crippen LogP contribution in [0.4, 0.5) is 0 Å². The summed E-state index contributed by atoms with van der Waals surface area (Å²) in [5.74, 6) is 0.378. The quantitative estimate of drug-likeness (QED) is 0.854. The van der Waals surface area contributed by atoms with E-state index in [0.717, 1.165) is 12.0 Å². The summed E-state index contributed by atoms with van der Waals surface area (Å²) in [5.41, 5.74) is 2.27. The summed E-state index contributed by atoms with van der Waals surface area (Å²) in [6.45, 7) is 4.31. The zero-order valence-electron chi connectivity index (χ0n) is 11.5. The van der Waals surface area contributed by atoms with E-state index in [0.29, 0.717) is 17.8 Å². The molecule has 2 rings (SSSR count). The van der Waals surface area contributed by atoms with Crippen molar-refractivity contribution in [1.29, 1.82) is 0 Å². The lowest BCUT2D eigenvalue weighted by Gasteiger charge is -2.20. The molecule has 2 nitrogen and oxygen atoms in total. The van der Waals surface area contributed by atoms with E-state index in [9.17, 15) is 5.11 Å². The largest absolute Gasteiger partial charge is 0.508 e. The van der Waals surface area contributed by atoms with Gasteiger partial charge in [-0.3, -0.25) is 0 Å². The van der Waals surface area contributed by atoms with Gasteiger partial charge in [-0.25, -0.2) is 0 Å². The predicted molar refractivity (Wildman–Crippen MR) is 79.3 cm³/mol. The average Bonchev–Trinajstić information content (AvgIpc) is 2.42. The highest BCUT2D eigenvalue weighted by Crippen LogP contribution is 2.19. The molecule has 0 fully saturated rings. The van der Waals surface area contributed by atoms with E-state index in [1.54, 1.807) is 6.07 Å². The van der Waals surface area contributed by atoms with E-state index in [4.69, 9.17) is 0 Å². The summed E-state index contributed by atoms with van der Waals surface area (Å²) in [7, 11) is 0. The van der Waals surface area contributed by atoms with E-state index in [-0.39, 0.29) is 0 Å². The number of nitrogens with one attached hydrogen (secondary N) is 1. The summed E-state index contributed by atoms with van der Waals surface area (Å²) in [6, 6.07) is 18.5. The Balaban J connectivity index is 1.95. The van der Waals surface area contributed by atoms with Crippen LogP contribution in [0.3, 0.4) is 0 Å². The molecule has 0 aliphatic carbocycles. The van der Waals surface area contributed by atoms with Crippen molar-refractivity contribution >= 4 is 0 Å². The van der Waals surface area contributed by atoms with Gasteiger partial charge >= 0.3 is 0 Å². The minimum absolute atomic E-state index is 0.307. The molecule has 0 radical (unpaired) electrons. The maximum absolute atomic E-state index is 9.78. The van der Waals surface area contributed by atoms with Gasteiger partial charge in [0.05, 0.1) is 0 Å². The van der Waals surface area contributed by atoms with Gasteiger partial charge in [-0.05, 0) is 37.5 Å². The van der Waals surface area contributed by atoms with Crippen LogP contribution in [0.5, 0.6) is 5.75 Å². The minimum atomic E-state index is 0.307. The van der Waals surface area contributed by atoms with Crippen LogP contribution >= 0.6 is 0 Å². The summed E-state index contributed by atoms with van der Waals surface area (Å²) in [4.78, 5) is 0. The van der Waals surface area contributed by atoms with Crippen molar-refractivity contribution in [1.82, 2.24) is 5.32 Å². The summed E-state index contributed by atoms with van der Waals surface area (Å²) >= 11 is 0. The average molecular weight is 255 g/mol. The number of rotatable bonds is 5. The molecule has 0 aromatic heterocycles. The molecule has 0 spiro atoms. The van der Waals surface area contributed by atoms with Crippen LogP contribution in [0.15, 0.2) is 54.6 Å². The first kappa shape index (κ1) is 13.6. The second kappa shape index (κ2) is 6.39. The van der Waals surface area contributed by atoms with Crippen LogP contribution in [0.25, 0.3) is 0 Å². The highest BCUT2D eigenvalue weighted by atomic mass is 16.3. The highest BCUT2D eigenvalue weighted by Gasteiger charge is 2.11. The predicted octanol–water partition coefficient (Wildman–Crippen LogP) is 3.67. The second-order valence-electron chi connectivity index (χ2n) is 5.03. The molecule has 0 saturated carbocycles. The Morgan fingerprint density at radius 3 is 2.26 bits per heavy atom. The maximum atomic E-state index is 9.78. The van der Waals surface area contributed by atoms with E-state index in [1.807, 2.05) is 24.3 Å². The molecule has 0 amide bonds. The van der Waals surface area contributed by atoms with Crippen molar-refractivity contribution in [3.05, 3.63) is 65.7 Å². The van der Waals surface area contributed by atoms with Gasteiger partial charge in [-0.2, -0.15) is 0 Å². The Hall–Kier alpha value is -1.80. The lowest BCUT2D eigenvalue weighted by Crippen LogP contribution is -2.30. The molecule has 0 aliphatic heterocycles. The fourth-order valence-corrected chi connectivity index (χ4v) is 2.34. The molecular weight excluding hydrogens is 234 g/mol. The Bertz CT molecular complexity index is 510. The van der Waals surface area contributed by atoms with E-state index in [2.05, 4.69) is 43.4 Å². The number of hydrogen-bond donors (Lipinski definition) is 2. The molecule has 0 heterocycles. The third-order valence-corrected chi connectivity index (χ3v) is 3.35. The molecule has 0 aliphatic rings. The van der Waals surface area contributed by atoms with Crippen LogP contribution in [-0.2, 0) is 6.42 Å². The molecule has 0 bridgehead atoms. The Morgan fingerprint density at radius 1 is 0.947 bits per heavy atom. The van der Waals surface area contributed by atoms with E-state index in [1.165, 1.54) is 5.56 Å². The molecule has 2 atom stereocenters. The topological polar surface area (TPSA) is 32.3 Å².